The Hall–Kier alpha value is -0.960. The standard InChI is InChI=1S/C10H11NOS/c1-7(6-13)10-11-8-4-2-3-5-9(8)12-10/h2-5,7,13H,6H2,1H3. The van der Waals surface area contributed by atoms with E-state index in [-0.39, 0.29) is 5.92 Å². The van der Waals surface area contributed by atoms with Crippen molar-refractivity contribution < 1.29 is 4.42 Å². The van der Waals surface area contributed by atoms with E-state index in [0.717, 1.165) is 22.7 Å². The van der Waals surface area contributed by atoms with Gasteiger partial charge in [0.15, 0.2) is 11.5 Å². The summed E-state index contributed by atoms with van der Waals surface area (Å²) in [5.74, 6) is 1.80. The van der Waals surface area contributed by atoms with Crippen LogP contribution in [-0.2, 0) is 0 Å². The molecule has 2 nitrogen and oxygen atoms in total. The fourth-order valence-corrected chi connectivity index (χ4v) is 1.34. The van der Waals surface area contributed by atoms with E-state index in [4.69, 9.17) is 4.42 Å². The smallest absolute Gasteiger partial charge is 0.199 e. The molecule has 2 rings (SSSR count). The van der Waals surface area contributed by atoms with Gasteiger partial charge in [-0.2, -0.15) is 12.6 Å². The first-order valence-electron chi connectivity index (χ1n) is 4.27. The normalized spacial score (nSPS) is 13.4. The average Bonchev–Trinajstić information content (AvgIpc) is 2.59. The molecule has 0 aliphatic heterocycles. The molecule has 0 N–H and O–H groups in total. The van der Waals surface area contributed by atoms with Crippen LogP contribution in [0.25, 0.3) is 11.1 Å². The Morgan fingerprint density at radius 1 is 1.46 bits per heavy atom. The van der Waals surface area contributed by atoms with Crippen molar-refractivity contribution >= 4 is 23.7 Å². The molecule has 1 aromatic carbocycles. The van der Waals surface area contributed by atoms with Gasteiger partial charge in [-0.25, -0.2) is 4.98 Å². The van der Waals surface area contributed by atoms with Gasteiger partial charge in [-0.15, -0.1) is 0 Å². The second-order valence-electron chi connectivity index (χ2n) is 3.10. The van der Waals surface area contributed by atoms with Crippen LogP contribution in [0.2, 0.25) is 0 Å². The van der Waals surface area contributed by atoms with Crippen molar-refractivity contribution in [3.8, 4) is 0 Å². The maximum Gasteiger partial charge on any atom is 0.199 e. The number of benzene rings is 1. The molecule has 0 amide bonds. The summed E-state index contributed by atoms with van der Waals surface area (Å²) in [5, 5.41) is 0. The quantitative estimate of drug-likeness (QED) is 0.742. The summed E-state index contributed by atoms with van der Waals surface area (Å²) in [6.07, 6.45) is 0. The highest BCUT2D eigenvalue weighted by molar-refractivity contribution is 7.80. The third-order valence-corrected chi connectivity index (χ3v) is 2.55. The van der Waals surface area contributed by atoms with Crippen LogP contribution in [-0.4, -0.2) is 10.7 Å². The number of hydrogen-bond acceptors (Lipinski definition) is 3. The van der Waals surface area contributed by atoms with Gasteiger partial charge in [0.2, 0.25) is 0 Å². The highest BCUT2D eigenvalue weighted by Crippen LogP contribution is 2.21. The number of thiol groups is 1. The predicted octanol–water partition coefficient (Wildman–Crippen LogP) is 2.86. The fraction of sp³-hybridized carbons (Fsp3) is 0.300. The number of rotatable bonds is 2. The van der Waals surface area contributed by atoms with Crippen molar-refractivity contribution in [2.24, 2.45) is 0 Å². The molecule has 1 atom stereocenters. The van der Waals surface area contributed by atoms with Crippen LogP contribution < -0.4 is 0 Å². The van der Waals surface area contributed by atoms with E-state index in [0.29, 0.717) is 0 Å². The van der Waals surface area contributed by atoms with Gasteiger partial charge >= 0.3 is 0 Å². The largest absolute Gasteiger partial charge is 0.440 e. The van der Waals surface area contributed by atoms with Crippen molar-refractivity contribution in [3.63, 3.8) is 0 Å². The zero-order valence-corrected chi connectivity index (χ0v) is 8.29. The number of para-hydroxylation sites is 2. The molecule has 13 heavy (non-hydrogen) atoms. The molecule has 0 saturated heterocycles. The van der Waals surface area contributed by atoms with Crippen molar-refractivity contribution in [2.75, 3.05) is 5.75 Å². The van der Waals surface area contributed by atoms with Crippen LogP contribution in [0.5, 0.6) is 0 Å². The van der Waals surface area contributed by atoms with E-state index in [2.05, 4.69) is 24.5 Å². The molecule has 3 heteroatoms. The van der Waals surface area contributed by atoms with E-state index in [9.17, 15) is 0 Å². The molecule has 0 aliphatic carbocycles. The zero-order valence-electron chi connectivity index (χ0n) is 7.40. The summed E-state index contributed by atoms with van der Waals surface area (Å²) in [7, 11) is 0. The highest BCUT2D eigenvalue weighted by Gasteiger charge is 2.10. The van der Waals surface area contributed by atoms with Crippen molar-refractivity contribution in [2.45, 2.75) is 12.8 Å². The van der Waals surface area contributed by atoms with E-state index >= 15 is 0 Å². The first kappa shape index (κ1) is 8.63. The third kappa shape index (κ3) is 1.56. The SMILES string of the molecule is CC(CS)c1nc2ccccc2o1. The highest BCUT2D eigenvalue weighted by atomic mass is 32.1. The first-order chi connectivity index (χ1) is 6.31. The lowest BCUT2D eigenvalue weighted by molar-refractivity contribution is 0.504. The molecular formula is C10H11NOS. The zero-order chi connectivity index (χ0) is 9.26. The van der Waals surface area contributed by atoms with Crippen LogP contribution in [0.4, 0.5) is 0 Å². The molecule has 0 saturated carbocycles. The predicted molar refractivity (Wildman–Crippen MR) is 56.3 cm³/mol. The minimum atomic E-state index is 0.274. The number of nitrogens with zero attached hydrogens (tertiary/aromatic N) is 1. The van der Waals surface area contributed by atoms with Crippen LogP contribution in [0.1, 0.15) is 18.7 Å². The average molecular weight is 193 g/mol. The van der Waals surface area contributed by atoms with Gasteiger partial charge in [0.1, 0.15) is 5.52 Å². The van der Waals surface area contributed by atoms with Crippen molar-refractivity contribution in [1.29, 1.82) is 0 Å². The molecule has 2 aromatic rings. The Morgan fingerprint density at radius 2 is 2.23 bits per heavy atom. The van der Waals surface area contributed by atoms with Gasteiger partial charge in [0.05, 0.1) is 0 Å². The van der Waals surface area contributed by atoms with Crippen molar-refractivity contribution in [1.82, 2.24) is 4.98 Å². The molecule has 0 aliphatic rings. The van der Waals surface area contributed by atoms with E-state index in [1.165, 1.54) is 0 Å². The number of hydrogen-bond donors (Lipinski definition) is 1. The van der Waals surface area contributed by atoms with Gasteiger partial charge in [-0.3, -0.25) is 0 Å². The third-order valence-electron chi connectivity index (χ3n) is 2.01. The van der Waals surface area contributed by atoms with Crippen molar-refractivity contribution in [3.05, 3.63) is 30.2 Å². The Bertz CT molecular complexity index is 377. The van der Waals surface area contributed by atoms with Crippen LogP contribution in [0, 0.1) is 0 Å². The topological polar surface area (TPSA) is 26.0 Å². The first-order valence-corrected chi connectivity index (χ1v) is 4.91. The monoisotopic (exact) mass is 193 g/mol. The summed E-state index contributed by atoms with van der Waals surface area (Å²) in [4.78, 5) is 4.37. The fourth-order valence-electron chi connectivity index (χ4n) is 1.18. The summed E-state index contributed by atoms with van der Waals surface area (Å²) in [6, 6.07) is 7.79. The molecule has 1 heterocycles. The molecule has 68 valence electrons. The maximum atomic E-state index is 5.56. The lowest BCUT2D eigenvalue weighted by Gasteiger charge is -1.99. The molecule has 0 spiro atoms. The van der Waals surface area contributed by atoms with Gasteiger partial charge in [-0.05, 0) is 12.1 Å². The molecule has 0 radical (unpaired) electrons. The number of aromatic nitrogens is 1. The Morgan fingerprint density at radius 3 is 2.92 bits per heavy atom. The summed E-state index contributed by atoms with van der Waals surface area (Å²) >= 11 is 4.21. The molecule has 1 aromatic heterocycles. The number of fused-ring (bicyclic) bond motifs is 1. The van der Waals surface area contributed by atoms with E-state index in [1.807, 2.05) is 24.3 Å². The molecule has 0 fully saturated rings. The minimum absolute atomic E-state index is 0.274. The summed E-state index contributed by atoms with van der Waals surface area (Å²) in [6.45, 7) is 2.05. The maximum absolute atomic E-state index is 5.56. The second-order valence-corrected chi connectivity index (χ2v) is 3.47. The Balaban J connectivity index is 2.49. The minimum Gasteiger partial charge on any atom is -0.440 e. The Labute approximate surface area is 82.4 Å². The lowest BCUT2D eigenvalue weighted by Crippen LogP contribution is -1.93. The van der Waals surface area contributed by atoms with Crippen LogP contribution in [0.3, 0.4) is 0 Å². The molecular weight excluding hydrogens is 182 g/mol. The Kier molecular flexibility index (Phi) is 2.27. The van der Waals surface area contributed by atoms with Gasteiger partial charge < -0.3 is 4.42 Å². The molecule has 0 bridgehead atoms. The van der Waals surface area contributed by atoms with Gasteiger partial charge in [0.25, 0.3) is 0 Å². The van der Waals surface area contributed by atoms with E-state index < -0.39 is 0 Å². The van der Waals surface area contributed by atoms with Crippen LogP contribution >= 0.6 is 12.6 Å². The summed E-state index contributed by atoms with van der Waals surface area (Å²) in [5.41, 5.74) is 1.78. The number of oxazole rings is 1. The van der Waals surface area contributed by atoms with E-state index in [1.54, 1.807) is 0 Å². The van der Waals surface area contributed by atoms with Crippen LogP contribution in [0.15, 0.2) is 28.7 Å². The lowest BCUT2D eigenvalue weighted by atomic mass is 10.2. The summed E-state index contributed by atoms with van der Waals surface area (Å²) < 4.78 is 5.56. The van der Waals surface area contributed by atoms with Gasteiger partial charge in [-0.1, -0.05) is 19.1 Å². The second kappa shape index (κ2) is 3.42. The van der Waals surface area contributed by atoms with Gasteiger partial charge in [0, 0.05) is 11.7 Å². The molecule has 1 unspecified atom stereocenters.